The second-order valence-corrected chi connectivity index (χ2v) is 10.5. The first-order chi connectivity index (χ1) is 14.9. The Morgan fingerprint density at radius 3 is 2.06 bits per heavy atom. The van der Waals surface area contributed by atoms with Gasteiger partial charge in [0, 0.05) is 5.41 Å². The Morgan fingerprint density at radius 1 is 0.871 bits per heavy atom. The van der Waals surface area contributed by atoms with Crippen molar-refractivity contribution in [1.82, 2.24) is 0 Å². The van der Waals surface area contributed by atoms with Crippen LogP contribution in [0.25, 0.3) is 0 Å². The molecule has 5 atom stereocenters. The van der Waals surface area contributed by atoms with Gasteiger partial charge in [-0.15, -0.1) is 10.5 Å². The lowest BCUT2D eigenvalue weighted by Crippen LogP contribution is -2.61. The predicted octanol–water partition coefficient (Wildman–Crippen LogP) is 6.44. The maximum absolute atomic E-state index is 8.87. The van der Waals surface area contributed by atoms with Crippen LogP contribution in [0.15, 0.2) is 48.5 Å². The van der Waals surface area contributed by atoms with E-state index in [-0.39, 0.29) is 5.41 Å². The molecule has 4 aliphatic rings. The van der Waals surface area contributed by atoms with Crippen molar-refractivity contribution in [3.05, 3.63) is 59.7 Å². The van der Waals surface area contributed by atoms with Crippen molar-refractivity contribution in [2.45, 2.75) is 63.7 Å². The number of hydrogen-bond donors (Lipinski definition) is 0. The molecule has 0 radical (unpaired) electrons. The smallest absolute Gasteiger partial charge is 0.292 e. The Bertz CT molecular complexity index is 1060. The van der Waals surface area contributed by atoms with Crippen LogP contribution in [-0.2, 0) is 5.41 Å². The molecule has 0 spiro atoms. The second kappa shape index (κ2) is 7.03. The SMILES string of the molecule is CCC12CC3CC(C)(C1)CC(c1ccc(OC#N)cc1)(C2)C3c1ccc(OC#N)cc1. The summed E-state index contributed by atoms with van der Waals surface area (Å²) in [7, 11) is 0. The zero-order valence-electron chi connectivity index (χ0n) is 18.2. The van der Waals surface area contributed by atoms with Crippen molar-refractivity contribution in [1.29, 1.82) is 10.5 Å². The van der Waals surface area contributed by atoms with Crippen molar-refractivity contribution in [2.24, 2.45) is 16.7 Å². The molecule has 0 aliphatic heterocycles. The quantitative estimate of drug-likeness (QED) is 0.530. The normalized spacial score (nSPS) is 35.2. The monoisotopic (exact) mass is 412 g/mol. The molecule has 0 N–H and O–H groups in total. The number of nitriles is 2. The third-order valence-electron chi connectivity index (χ3n) is 8.50. The Kier molecular flexibility index (Phi) is 4.52. The van der Waals surface area contributed by atoms with Gasteiger partial charge in [0.25, 0.3) is 12.5 Å². The average molecular weight is 413 g/mol. The van der Waals surface area contributed by atoms with Gasteiger partial charge in [-0.2, -0.15) is 0 Å². The molecule has 4 fully saturated rings. The van der Waals surface area contributed by atoms with E-state index in [0.29, 0.717) is 34.2 Å². The molecule has 0 aromatic heterocycles. The van der Waals surface area contributed by atoms with E-state index in [1.54, 1.807) is 12.5 Å². The highest BCUT2D eigenvalue weighted by Crippen LogP contribution is 2.74. The summed E-state index contributed by atoms with van der Waals surface area (Å²) in [6.07, 6.45) is 11.1. The summed E-state index contributed by atoms with van der Waals surface area (Å²) in [5.74, 6) is 2.29. The van der Waals surface area contributed by atoms with E-state index < -0.39 is 0 Å². The van der Waals surface area contributed by atoms with Crippen LogP contribution in [0.1, 0.15) is 69.4 Å². The first kappa shape index (κ1) is 20.0. The van der Waals surface area contributed by atoms with Crippen LogP contribution >= 0.6 is 0 Å². The maximum Gasteiger partial charge on any atom is 0.292 e. The van der Waals surface area contributed by atoms with Gasteiger partial charge in [-0.1, -0.05) is 44.5 Å². The molecule has 31 heavy (non-hydrogen) atoms. The molecule has 6 rings (SSSR count). The zero-order chi connectivity index (χ0) is 21.7. The molecule has 4 saturated carbocycles. The van der Waals surface area contributed by atoms with E-state index in [1.165, 1.54) is 49.7 Å². The number of ether oxygens (including phenoxy) is 2. The summed E-state index contributed by atoms with van der Waals surface area (Å²) in [6, 6.07) is 16.4. The fourth-order valence-electron chi connectivity index (χ4n) is 8.05. The highest BCUT2D eigenvalue weighted by Gasteiger charge is 2.65. The van der Waals surface area contributed by atoms with Gasteiger partial charge < -0.3 is 9.47 Å². The summed E-state index contributed by atoms with van der Waals surface area (Å²) in [5.41, 5.74) is 3.58. The molecule has 2 aromatic rings. The van der Waals surface area contributed by atoms with Gasteiger partial charge in [-0.3, -0.25) is 0 Å². The molecule has 2 aromatic carbocycles. The Balaban J connectivity index is 1.63. The molecule has 4 nitrogen and oxygen atoms in total. The summed E-state index contributed by atoms with van der Waals surface area (Å²) in [6.45, 7) is 4.88. The topological polar surface area (TPSA) is 66.0 Å². The van der Waals surface area contributed by atoms with Crippen molar-refractivity contribution >= 4 is 0 Å². The Hall–Kier alpha value is -2.98. The fraction of sp³-hybridized carbons (Fsp3) is 0.481. The standard InChI is InChI=1S/C27H28N2O2/c1-3-26-13-20-12-25(2,14-26)15-27(16-26,21-6-10-23(11-7-21)31-18-29)24(20)19-4-8-22(9-5-19)30-17-28/h4-11,20,24H,3,12-16H2,1-2H3. The first-order valence-electron chi connectivity index (χ1n) is 11.3. The summed E-state index contributed by atoms with van der Waals surface area (Å²) < 4.78 is 10.1. The Morgan fingerprint density at radius 2 is 1.48 bits per heavy atom. The van der Waals surface area contributed by atoms with E-state index in [4.69, 9.17) is 20.0 Å². The summed E-state index contributed by atoms with van der Waals surface area (Å²) >= 11 is 0. The largest absolute Gasteiger partial charge is 0.388 e. The first-order valence-corrected chi connectivity index (χ1v) is 11.3. The van der Waals surface area contributed by atoms with Gasteiger partial charge >= 0.3 is 0 Å². The predicted molar refractivity (Wildman–Crippen MR) is 117 cm³/mol. The Labute approximate surface area is 184 Å². The lowest BCUT2D eigenvalue weighted by Gasteiger charge is -2.69. The van der Waals surface area contributed by atoms with Crippen LogP contribution in [0.5, 0.6) is 11.5 Å². The third kappa shape index (κ3) is 3.09. The highest BCUT2D eigenvalue weighted by molar-refractivity contribution is 5.43. The molecule has 0 amide bonds. The van der Waals surface area contributed by atoms with E-state index in [9.17, 15) is 0 Å². The van der Waals surface area contributed by atoms with Crippen molar-refractivity contribution < 1.29 is 9.47 Å². The van der Waals surface area contributed by atoms with Gasteiger partial charge in [0.15, 0.2) is 0 Å². The summed E-state index contributed by atoms with van der Waals surface area (Å²) in [5, 5.41) is 17.7. The number of nitrogens with zero attached hydrogens (tertiary/aromatic N) is 2. The van der Waals surface area contributed by atoms with Crippen molar-refractivity contribution in [2.75, 3.05) is 0 Å². The van der Waals surface area contributed by atoms with Crippen LogP contribution in [0.4, 0.5) is 0 Å². The van der Waals surface area contributed by atoms with Crippen LogP contribution in [0, 0.1) is 39.8 Å². The molecule has 4 bridgehead atoms. The zero-order valence-corrected chi connectivity index (χ0v) is 18.2. The molecule has 0 heterocycles. The molecule has 158 valence electrons. The minimum atomic E-state index is 0.0763. The van der Waals surface area contributed by atoms with Crippen LogP contribution in [0.2, 0.25) is 0 Å². The molecule has 4 aliphatic carbocycles. The van der Waals surface area contributed by atoms with Gasteiger partial charge in [0.05, 0.1) is 0 Å². The molecular weight excluding hydrogens is 384 g/mol. The number of rotatable bonds is 5. The second-order valence-electron chi connectivity index (χ2n) is 10.5. The van der Waals surface area contributed by atoms with Gasteiger partial charge in [0.1, 0.15) is 11.5 Å². The van der Waals surface area contributed by atoms with Gasteiger partial charge in [-0.05, 0) is 90.2 Å². The lowest BCUT2D eigenvalue weighted by molar-refractivity contribution is -0.134. The molecule has 5 unspecified atom stereocenters. The van der Waals surface area contributed by atoms with Gasteiger partial charge in [0.2, 0.25) is 0 Å². The van der Waals surface area contributed by atoms with E-state index >= 15 is 0 Å². The highest BCUT2D eigenvalue weighted by atomic mass is 16.5. The minimum Gasteiger partial charge on any atom is -0.388 e. The average Bonchev–Trinajstić information content (AvgIpc) is 2.74. The van der Waals surface area contributed by atoms with Crippen LogP contribution in [0.3, 0.4) is 0 Å². The van der Waals surface area contributed by atoms with Crippen molar-refractivity contribution in [3.8, 4) is 24.0 Å². The molecular formula is C27H28N2O2. The summed E-state index contributed by atoms with van der Waals surface area (Å²) in [4.78, 5) is 0. The maximum atomic E-state index is 8.87. The van der Waals surface area contributed by atoms with E-state index in [1.807, 2.05) is 24.3 Å². The third-order valence-corrected chi connectivity index (χ3v) is 8.50. The van der Waals surface area contributed by atoms with Crippen molar-refractivity contribution in [3.63, 3.8) is 0 Å². The van der Waals surface area contributed by atoms with E-state index in [2.05, 4.69) is 38.1 Å². The number of hydrogen-bond acceptors (Lipinski definition) is 4. The van der Waals surface area contributed by atoms with Crippen LogP contribution < -0.4 is 9.47 Å². The lowest BCUT2D eigenvalue weighted by atomic mass is 9.34. The fourth-order valence-corrected chi connectivity index (χ4v) is 8.05. The van der Waals surface area contributed by atoms with Gasteiger partial charge in [-0.25, -0.2) is 0 Å². The molecule has 4 heteroatoms. The van der Waals surface area contributed by atoms with E-state index in [0.717, 1.165) is 0 Å². The molecule has 0 saturated heterocycles. The minimum absolute atomic E-state index is 0.0763. The number of benzene rings is 2. The van der Waals surface area contributed by atoms with Crippen LogP contribution in [-0.4, -0.2) is 0 Å².